The van der Waals surface area contributed by atoms with Crippen LogP contribution in [-0.4, -0.2) is 9.97 Å². The molecule has 0 saturated heterocycles. The minimum atomic E-state index is 0.561. The van der Waals surface area contributed by atoms with E-state index in [1.165, 1.54) is 0 Å². The van der Waals surface area contributed by atoms with Crippen molar-refractivity contribution in [3.05, 3.63) is 29.9 Å². The van der Waals surface area contributed by atoms with Gasteiger partial charge in [-0.25, -0.2) is 0 Å². The van der Waals surface area contributed by atoms with E-state index >= 15 is 0 Å². The van der Waals surface area contributed by atoms with E-state index in [0.717, 1.165) is 11.4 Å². The zero-order chi connectivity index (χ0) is 8.97. The van der Waals surface area contributed by atoms with Gasteiger partial charge in [-0.3, -0.25) is 9.97 Å². The Morgan fingerprint density at radius 2 is 1.92 bits per heavy atom. The number of rotatable bonds is 2. The molecule has 0 saturated carbocycles. The summed E-state index contributed by atoms with van der Waals surface area (Å²) in [5.41, 5.74) is 1.95. The Kier molecular flexibility index (Phi) is 2.97. The highest BCUT2D eigenvalue weighted by Crippen LogP contribution is 2.04. The molecule has 1 aromatic heterocycles. The number of hydrogen-bond donors (Lipinski definition) is 0. The van der Waals surface area contributed by atoms with Crippen molar-refractivity contribution >= 4 is 6.08 Å². The summed E-state index contributed by atoms with van der Waals surface area (Å²) in [5, 5.41) is 0. The Labute approximate surface area is 73.4 Å². The Morgan fingerprint density at radius 1 is 1.25 bits per heavy atom. The average Bonchev–Trinajstić information content (AvgIpc) is 2.03. The van der Waals surface area contributed by atoms with Gasteiger partial charge in [-0.15, -0.1) is 0 Å². The Hall–Kier alpha value is -1.18. The van der Waals surface area contributed by atoms with Crippen molar-refractivity contribution in [3.8, 4) is 0 Å². The maximum absolute atomic E-state index is 4.20. The van der Waals surface area contributed by atoms with Crippen molar-refractivity contribution in [2.45, 2.75) is 20.8 Å². The van der Waals surface area contributed by atoms with Crippen molar-refractivity contribution in [1.82, 2.24) is 9.97 Å². The van der Waals surface area contributed by atoms with Crippen LogP contribution in [0.25, 0.3) is 6.08 Å². The van der Waals surface area contributed by atoms with Crippen LogP contribution in [-0.2, 0) is 0 Å². The van der Waals surface area contributed by atoms with Gasteiger partial charge in [0.2, 0.25) is 0 Å². The molecule has 0 atom stereocenters. The highest BCUT2D eigenvalue weighted by atomic mass is 14.8. The molecular formula is C10H14N2. The second kappa shape index (κ2) is 4.00. The highest BCUT2D eigenvalue weighted by Gasteiger charge is 1.93. The predicted molar refractivity (Wildman–Crippen MR) is 50.6 cm³/mol. The first-order valence-corrected chi connectivity index (χ1v) is 4.16. The summed E-state index contributed by atoms with van der Waals surface area (Å²) in [5.74, 6) is 0.561. The van der Waals surface area contributed by atoms with Crippen molar-refractivity contribution in [3.63, 3.8) is 0 Å². The third kappa shape index (κ3) is 2.46. The fraction of sp³-hybridized carbons (Fsp3) is 0.400. The molecule has 1 heterocycles. The number of hydrogen-bond acceptors (Lipinski definition) is 2. The standard InChI is InChI=1S/C10H14N2/c1-8(2)4-5-10-9(3)11-6-7-12-10/h4-8H,1-3H3/b5-4-. The first-order valence-electron chi connectivity index (χ1n) is 4.16. The van der Waals surface area contributed by atoms with Crippen molar-refractivity contribution < 1.29 is 0 Å². The third-order valence-corrected chi connectivity index (χ3v) is 1.56. The van der Waals surface area contributed by atoms with Crippen LogP contribution in [0.15, 0.2) is 18.5 Å². The van der Waals surface area contributed by atoms with Crippen LogP contribution in [0.5, 0.6) is 0 Å². The molecule has 2 heteroatoms. The normalized spacial score (nSPS) is 11.3. The van der Waals surface area contributed by atoms with E-state index in [-0.39, 0.29) is 0 Å². The number of aryl methyl sites for hydroxylation is 1. The summed E-state index contributed by atoms with van der Waals surface area (Å²) in [6.45, 7) is 6.25. The van der Waals surface area contributed by atoms with Gasteiger partial charge in [-0.05, 0) is 18.9 Å². The summed E-state index contributed by atoms with van der Waals surface area (Å²) in [6.07, 6.45) is 7.57. The summed E-state index contributed by atoms with van der Waals surface area (Å²) in [6, 6.07) is 0. The molecule has 0 spiro atoms. The summed E-state index contributed by atoms with van der Waals surface area (Å²) < 4.78 is 0. The molecule has 0 amide bonds. The van der Waals surface area contributed by atoms with Gasteiger partial charge >= 0.3 is 0 Å². The van der Waals surface area contributed by atoms with E-state index < -0.39 is 0 Å². The second-order valence-electron chi connectivity index (χ2n) is 3.13. The van der Waals surface area contributed by atoms with Gasteiger partial charge in [0.05, 0.1) is 11.4 Å². The van der Waals surface area contributed by atoms with Gasteiger partial charge in [0.25, 0.3) is 0 Å². The van der Waals surface area contributed by atoms with Crippen LogP contribution in [0.4, 0.5) is 0 Å². The van der Waals surface area contributed by atoms with E-state index in [0.29, 0.717) is 5.92 Å². The number of aromatic nitrogens is 2. The molecule has 1 aromatic rings. The maximum atomic E-state index is 4.20. The fourth-order valence-electron chi connectivity index (χ4n) is 0.866. The zero-order valence-electron chi connectivity index (χ0n) is 7.78. The molecule has 0 fully saturated rings. The molecule has 0 aliphatic carbocycles. The minimum absolute atomic E-state index is 0.561. The molecule has 2 nitrogen and oxygen atoms in total. The van der Waals surface area contributed by atoms with Gasteiger partial charge in [-0.2, -0.15) is 0 Å². The molecule has 64 valence electrons. The van der Waals surface area contributed by atoms with E-state index in [4.69, 9.17) is 0 Å². The first-order chi connectivity index (χ1) is 5.70. The Balaban J connectivity index is 2.82. The van der Waals surface area contributed by atoms with Crippen LogP contribution in [0.2, 0.25) is 0 Å². The number of allylic oxidation sites excluding steroid dienone is 1. The lowest BCUT2D eigenvalue weighted by molar-refractivity contribution is 0.835. The van der Waals surface area contributed by atoms with Gasteiger partial charge in [0.15, 0.2) is 0 Å². The molecule has 1 rings (SSSR count). The molecular weight excluding hydrogens is 148 g/mol. The van der Waals surface area contributed by atoms with Crippen LogP contribution < -0.4 is 0 Å². The van der Waals surface area contributed by atoms with Crippen LogP contribution in [0.3, 0.4) is 0 Å². The smallest absolute Gasteiger partial charge is 0.0839 e. The quantitative estimate of drug-likeness (QED) is 0.667. The third-order valence-electron chi connectivity index (χ3n) is 1.56. The van der Waals surface area contributed by atoms with Crippen LogP contribution in [0.1, 0.15) is 25.2 Å². The van der Waals surface area contributed by atoms with E-state index in [1.54, 1.807) is 12.4 Å². The molecule has 12 heavy (non-hydrogen) atoms. The highest BCUT2D eigenvalue weighted by molar-refractivity contribution is 5.46. The Morgan fingerprint density at radius 3 is 2.50 bits per heavy atom. The largest absolute Gasteiger partial charge is 0.258 e. The zero-order valence-corrected chi connectivity index (χ0v) is 7.78. The monoisotopic (exact) mass is 162 g/mol. The van der Waals surface area contributed by atoms with Gasteiger partial charge in [-0.1, -0.05) is 19.9 Å². The lowest BCUT2D eigenvalue weighted by Crippen LogP contribution is -1.89. The van der Waals surface area contributed by atoms with Crippen molar-refractivity contribution in [1.29, 1.82) is 0 Å². The summed E-state index contributed by atoms with van der Waals surface area (Å²) in [7, 11) is 0. The van der Waals surface area contributed by atoms with E-state index in [9.17, 15) is 0 Å². The molecule has 0 N–H and O–H groups in total. The molecule has 0 aromatic carbocycles. The summed E-state index contributed by atoms with van der Waals surface area (Å²) in [4.78, 5) is 8.34. The van der Waals surface area contributed by atoms with Gasteiger partial charge in [0.1, 0.15) is 0 Å². The second-order valence-corrected chi connectivity index (χ2v) is 3.13. The van der Waals surface area contributed by atoms with Crippen molar-refractivity contribution in [2.75, 3.05) is 0 Å². The van der Waals surface area contributed by atoms with Crippen molar-refractivity contribution in [2.24, 2.45) is 5.92 Å². The molecule has 0 unspecified atom stereocenters. The lowest BCUT2D eigenvalue weighted by Gasteiger charge is -1.97. The van der Waals surface area contributed by atoms with Gasteiger partial charge in [0, 0.05) is 12.4 Å². The van der Waals surface area contributed by atoms with E-state index in [1.807, 2.05) is 13.0 Å². The van der Waals surface area contributed by atoms with Gasteiger partial charge < -0.3 is 0 Å². The first kappa shape index (κ1) is 8.91. The fourth-order valence-corrected chi connectivity index (χ4v) is 0.866. The lowest BCUT2D eigenvalue weighted by atomic mass is 10.2. The summed E-state index contributed by atoms with van der Waals surface area (Å²) >= 11 is 0. The molecule has 0 radical (unpaired) electrons. The minimum Gasteiger partial charge on any atom is -0.258 e. The molecule has 0 aliphatic rings. The molecule has 0 aliphatic heterocycles. The SMILES string of the molecule is Cc1nccnc1/C=C\C(C)C. The molecule has 0 bridgehead atoms. The average molecular weight is 162 g/mol. The van der Waals surface area contributed by atoms with Crippen LogP contribution >= 0.6 is 0 Å². The van der Waals surface area contributed by atoms with E-state index in [2.05, 4.69) is 29.9 Å². The number of nitrogens with zero attached hydrogens (tertiary/aromatic N) is 2. The predicted octanol–water partition coefficient (Wildman–Crippen LogP) is 2.45. The topological polar surface area (TPSA) is 25.8 Å². The maximum Gasteiger partial charge on any atom is 0.0839 e. The Bertz CT molecular complexity index is 277. The van der Waals surface area contributed by atoms with Crippen LogP contribution in [0, 0.1) is 12.8 Å².